The number of hydrogen-bond donors (Lipinski definition) is 1. The molecule has 100 valence electrons. The van der Waals surface area contributed by atoms with E-state index in [0.717, 1.165) is 16.9 Å². The molecule has 0 saturated carbocycles. The molecule has 0 amide bonds. The van der Waals surface area contributed by atoms with Crippen LogP contribution in [0.4, 0.5) is 0 Å². The zero-order valence-electron chi connectivity index (χ0n) is 11.2. The Morgan fingerprint density at radius 2 is 1.79 bits per heavy atom. The number of hydrogen-bond acceptors (Lipinski definition) is 2. The highest BCUT2D eigenvalue weighted by Crippen LogP contribution is 2.27. The summed E-state index contributed by atoms with van der Waals surface area (Å²) in [5, 5.41) is 0.712. The van der Waals surface area contributed by atoms with E-state index in [0.29, 0.717) is 11.6 Å². The molecule has 2 aromatic rings. The lowest BCUT2D eigenvalue weighted by molar-refractivity contribution is 0.213. The Morgan fingerprint density at radius 3 is 2.37 bits per heavy atom. The highest BCUT2D eigenvalue weighted by atomic mass is 35.5. The normalized spacial score (nSPS) is 12.2. The largest absolute Gasteiger partial charge is 0.484 e. The molecule has 2 N–H and O–H groups in total. The van der Waals surface area contributed by atoms with E-state index < -0.39 is 0 Å². The zero-order valence-corrected chi connectivity index (χ0v) is 11.9. The lowest BCUT2D eigenvalue weighted by Crippen LogP contribution is -2.18. The van der Waals surface area contributed by atoms with E-state index in [2.05, 4.69) is 31.2 Å². The van der Waals surface area contributed by atoms with E-state index in [-0.39, 0.29) is 6.10 Å². The van der Waals surface area contributed by atoms with Gasteiger partial charge >= 0.3 is 0 Å². The fourth-order valence-electron chi connectivity index (χ4n) is 1.93. The molecule has 2 aromatic carbocycles. The Kier molecular flexibility index (Phi) is 4.46. The van der Waals surface area contributed by atoms with E-state index in [9.17, 15) is 0 Å². The van der Waals surface area contributed by atoms with Crippen molar-refractivity contribution in [1.82, 2.24) is 0 Å². The van der Waals surface area contributed by atoms with Crippen LogP contribution < -0.4 is 10.5 Å². The average molecular weight is 276 g/mol. The predicted octanol–water partition coefficient (Wildman–Crippen LogP) is 4.04. The van der Waals surface area contributed by atoms with Gasteiger partial charge in [0, 0.05) is 11.6 Å². The van der Waals surface area contributed by atoms with E-state index in [4.69, 9.17) is 22.1 Å². The molecule has 1 atom stereocenters. The Balaban J connectivity index is 2.21. The highest BCUT2D eigenvalue weighted by Gasteiger charge is 2.12. The minimum absolute atomic E-state index is 0.138. The second-order valence-electron chi connectivity index (χ2n) is 4.66. The lowest BCUT2D eigenvalue weighted by Gasteiger charge is -2.19. The van der Waals surface area contributed by atoms with E-state index >= 15 is 0 Å². The molecule has 3 heteroatoms. The maximum atomic E-state index is 5.99. The summed E-state index contributed by atoms with van der Waals surface area (Å²) in [5.41, 5.74) is 9.14. The fraction of sp³-hybridized carbons (Fsp3) is 0.250. The van der Waals surface area contributed by atoms with Gasteiger partial charge in [-0.05, 0) is 43.2 Å². The first kappa shape index (κ1) is 13.9. The maximum absolute atomic E-state index is 5.99. The van der Waals surface area contributed by atoms with Crippen LogP contribution in [0.25, 0.3) is 0 Å². The topological polar surface area (TPSA) is 35.2 Å². The first-order valence-corrected chi connectivity index (χ1v) is 6.67. The van der Waals surface area contributed by atoms with Crippen molar-refractivity contribution < 1.29 is 4.74 Å². The minimum atomic E-state index is -0.138. The Bertz CT molecular complexity index is 551. The van der Waals surface area contributed by atoms with Gasteiger partial charge in [0.2, 0.25) is 0 Å². The Labute approximate surface area is 119 Å². The SMILES string of the molecule is Cc1ccc(C(CN)Oc2ccc(Cl)cc2C)cc1. The summed E-state index contributed by atoms with van der Waals surface area (Å²) < 4.78 is 5.99. The van der Waals surface area contributed by atoms with Gasteiger partial charge in [-0.2, -0.15) is 0 Å². The lowest BCUT2D eigenvalue weighted by atomic mass is 10.1. The molecule has 0 aliphatic heterocycles. The fourth-order valence-corrected chi connectivity index (χ4v) is 2.16. The minimum Gasteiger partial charge on any atom is -0.484 e. The van der Waals surface area contributed by atoms with Crippen LogP contribution >= 0.6 is 11.6 Å². The van der Waals surface area contributed by atoms with Crippen molar-refractivity contribution in [2.45, 2.75) is 20.0 Å². The molecule has 0 aromatic heterocycles. The molecule has 0 radical (unpaired) electrons. The molecule has 0 heterocycles. The summed E-state index contributed by atoms with van der Waals surface area (Å²) >= 11 is 5.94. The van der Waals surface area contributed by atoms with Gasteiger partial charge in [-0.25, -0.2) is 0 Å². The van der Waals surface area contributed by atoms with Crippen LogP contribution in [0.5, 0.6) is 5.75 Å². The first-order chi connectivity index (χ1) is 9.10. The molecule has 1 unspecified atom stereocenters. The number of ether oxygens (including phenoxy) is 1. The van der Waals surface area contributed by atoms with E-state index in [1.54, 1.807) is 0 Å². The quantitative estimate of drug-likeness (QED) is 0.914. The summed E-state index contributed by atoms with van der Waals surface area (Å²) in [6.45, 7) is 4.47. The summed E-state index contributed by atoms with van der Waals surface area (Å²) in [7, 11) is 0. The third-order valence-electron chi connectivity index (χ3n) is 3.07. The molecule has 0 bridgehead atoms. The van der Waals surface area contributed by atoms with Crippen LogP contribution in [0.1, 0.15) is 22.8 Å². The summed E-state index contributed by atoms with van der Waals surface area (Å²) in [5.74, 6) is 0.820. The van der Waals surface area contributed by atoms with E-state index in [1.165, 1.54) is 5.56 Å². The molecule has 0 spiro atoms. The van der Waals surface area contributed by atoms with Gasteiger partial charge in [0.25, 0.3) is 0 Å². The zero-order chi connectivity index (χ0) is 13.8. The van der Waals surface area contributed by atoms with Gasteiger partial charge in [-0.3, -0.25) is 0 Å². The van der Waals surface area contributed by atoms with Gasteiger partial charge in [-0.1, -0.05) is 41.4 Å². The number of aryl methyl sites for hydroxylation is 2. The van der Waals surface area contributed by atoms with Crippen LogP contribution in [0.3, 0.4) is 0 Å². The van der Waals surface area contributed by atoms with Gasteiger partial charge in [0.1, 0.15) is 11.9 Å². The maximum Gasteiger partial charge on any atom is 0.136 e. The molecule has 0 saturated heterocycles. The predicted molar refractivity (Wildman–Crippen MR) is 79.8 cm³/mol. The smallest absolute Gasteiger partial charge is 0.136 e. The van der Waals surface area contributed by atoms with Crippen molar-refractivity contribution in [2.24, 2.45) is 5.73 Å². The number of halogens is 1. The molecule has 2 rings (SSSR count). The van der Waals surface area contributed by atoms with Crippen molar-refractivity contribution in [3.05, 3.63) is 64.2 Å². The van der Waals surface area contributed by atoms with Crippen LogP contribution in [0.15, 0.2) is 42.5 Å². The van der Waals surface area contributed by atoms with Gasteiger partial charge in [0.05, 0.1) is 0 Å². The van der Waals surface area contributed by atoms with Crippen LogP contribution in [0, 0.1) is 13.8 Å². The van der Waals surface area contributed by atoms with Crippen molar-refractivity contribution in [3.8, 4) is 5.75 Å². The van der Waals surface area contributed by atoms with Gasteiger partial charge in [-0.15, -0.1) is 0 Å². The number of benzene rings is 2. The molecular formula is C16H18ClNO. The van der Waals surface area contributed by atoms with Gasteiger partial charge < -0.3 is 10.5 Å². The van der Waals surface area contributed by atoms with Gasteiger partial charge in [0.15, 0.2) is 0 Å². The summed E-state index contributed by atoms with van der Waals surface area (Å²) in [4.78, 5) is 0. The molecule has 0 aliphatic rings. The van der Waals surface area contributed by atoms with Crippen molar-refractivity contribution in [3.63, 3.8) is 0 Å². The number of nitrogens with two attached hydrogens (primary N) is 1. The molecule has 0 fully saturated rings. The number of rotatable bonds is 4. The third-order valence-corrected chi connectivity index (χ3v) is 3.30. The highest BCUT2D eigenvalue weighted by molar-refractivity contribution is 6.30. The van der Waals surface area contributed by atoms with Crippen LogP contribution in [-0.4, -0.2) is 6.54 Å². The first-order valence-electron chi connectivity index (χ1n) is 6.29. The second kappa shape index (κ2) is 6.09. The molecule has 2 nitrogen and oxygen atoms in total. The van der Waals surface area contributed by atoms with Crippen molar-refractivity contribution in [1.29, 1.82) is 0 Å². The monoisotopic (exact) mass is 275 g/mol. The van der Waals surface area contributed by atoms with Crippen LogP contribution in [0.2, 0.25) is 5.02 Å². The second-order valence-corrected chi connectivity index (χ2v) is 5.10. The summed E-state index contributed by atoms with van der Waals surface area (Å²) in [6, 6.07) is 13.8. The standard InChI is InChI=1S/C16H18ClNO/c1-11-3-5-13(6-4-11)16(10-18)19-15-8-7-14(17)9-12(15)2/h3-9,16H,10,18H2,1-2H3. The third kappa shape index (κ3) is 3.49. The molecular weight excluding hydrogens is 258 g/mol. The van der Waals surface area contributed by atoms with E-state index in [1.807, 2.05) is 25.1 Å². The molecule has 19 heavy (non-hydrogen) atoms. The van der Waals surface area contributed by atoms with Crippen LogP contribution in [-0.2, 0) is 0 Å². The Morgan fingerprint density at radius 1 is 1.11 bits per heavy atom. The van der Waals surface area contributed by atoms with Crippen molar-refractivity contribution >= 4 is 11.6 Å². The summed E-state index contributed by atoms with van der Waals surface area (Å²) in [6.07, 6.45) is -0.138. The average Bonchev–Trinajstić information content (AvgIpc) is 2.39. The Hall–Kier alpha value is -1.51. The van der Waals surface area contributed by atoms with Crippen molar-refractivity contribution in [2.75, 3.05) is 6.54 Å². The molecule has 0 aliphatic carbocycles.